The summed E-state index contributed by atoms with van der Waals surface area (Å²) in [4.78, 5) is 15.5. The van der Waals surface area contributed by atoms with Gasteiger partial charge in [-0.1, -0.05) is 24.3 Å². The SMILES string of the molecule is COc1ccc(OC)c(C2CCCN2C(=O)c2cccc(S(=O)(=O)N3CCc4ccccc43)c2)c1. The van der Waals surface area contributed by atoms with Crippen molar-refractivity contribution in [1.29, 1.82) is 0 Å². The van der Waals surface area contributed by atoms with Crippen molar-refractivity contribution in [3.8, 4) is 11.5 Å². The van der Waals surface area contributed by atoms with Gasteiger partial charge in [-0.15, -0.1) is 0 Å². The quantitative estimate of drug-likeness (QED) is 0.509. The molecule has 8 heteroatoms. The van der Waals surface area contributed by atoms with E-state index in [1.54, 1.807) is 37.3 Å². The highest BCUT2D eigenvalue weighted by atomic mass is 32.2. The molecule has 35 heavy (non-hydrogen) atoms. The number of methoxy groups -OCH3 is 2. The van der Waals surface area contributed by atoms with Crippen molar-refractivity contribution in [2.45, 2.75) is 30.2 Å². The van der Waals surface area contributed by atoms with Crippen LogP contribution in [-0.4, -0.2) is 46.5 Å². The summed E-state index contributed by atoms with van der Waals surface area (Å²) in [7, 11) is -0.578. The number of carbonyl (C=O) groups excluding carboxylic acids is 1. The summed E-state index contributed by atoms with van der Waals surface area (Å²) >= 11 is 0. The van der Waals surface area contributed by atoms with Crippen LogP contribution in [0.25, 0.3) is 0 Å². The van der Waals surface area contributed by atoms with E-state index in [-0.39, 0.29) is 16.8 Å². The predicted octanol–water partition coefficient (Wildman–Crippen LogP) is 4.43. The second-order valence-electron chi connectivity index (χ2n) is 8.75. The van der Waals surface area contributed by atoms with Gasteiger partial charge in [0.1, 0.15) is 11.5 Å². The first-order valence-corrected chi connectivity index (χ1v) is 13.1. The van der Waals surface area contributed by atoms with E-state index in [0.29, 0.717) is 42.3 Å². The van der Waals surface area contributed by atoms with E-state index in [0.717, 1.165) is 24.0 Å². The zero-order valence-electron chi connectivity index (χ0n) is 19.8. The Hall–Kier alpha value is -3.52. The lowest BCUT2D eigenvalue weighted by Gasteiger charge is -2.27. The molecule has 2 heterocycles. The predicted molar refractivity (Wildman–Crippen MR) is 134 cm³/mol. The highest BCUT2D eigenvalue weighted by molar-refractivity contribution is 7.92. The van der Waals surface area contributed by atoms with Gasteiger partial charge < -0.3 is 14.4 Å². The number of para-hydroxylation sites is 1. The number of ether oxygens (including phenoxy) is 2. The first-order chi connectivity index (χ1) is 16.9. The molecule has 2 aliphatic heterocycles. The molecule has 1 fully saturated rings. The van der Waals surface area contributed by atoms with Crippen LogP contribution in [0.2, 0.25) is 0 Å². The zero-order chi connectivity index (χ0) is 24.6. The number of nitrogens with zero attached hydrogens (tertiary/aromatic N) is 2. The highest BCUT2D eigenvalue weighted by Gasteiger charge is 2.34. The normalized spacial score (nSPS) is 17.4. The summed E-state index contributed by atoms with van der Waals surface area (Å²) in [5, 5.41) is 0. The molecule has 7 nitrogen and oxygen atoms in total. The summed E-state index contributed by atoms with van der Waals surface area (Å²) in [6, 6.07) is 19.3. The Morgan fingerprint density at radius 1 is 0.943 bits per heavy atom. The number of benzene rings is 3. The standard InChI is InChI=1S/C27H28N2O5S/c1-33-21-12-13-26(34-2)23(18-21)25-11-6-15-28(25)27(30)20-8-5-9-22(17-20)35(31,32)29-16-14-19-7-3-4-10-24(19)29/h3-5,7-10,12-13,17-18,25H,6,11,14-16H2,1-2H3. The molecule has 1 unspecified atom stereocenters. The van der Waals surface area contributed by atoms with Crippen LogP contribution in [0.15, 0.2) is 71.6 Å². The topological polar surface area (TPSA) is 76.1 Å². The minimum absolute atomic E-state index is 0.120. The summed E-state index contributed by atoms with van der Waals surface area (Å²) in [6.45, 7) is 0.976. The molecule has 182 valence electrons. The number of amides is 1. The highest BCUT2D eigenvalue weighted by Crippen LogP contribution is 2.40. The molecule has 3 aromatic carbocycles. The number of fused-ring (bicyclic) bond motifs is 1. The van der Waals surface area contributed by atoms with Gasteiger partial charge in [0.25, 0.3) is 15.9 Å². The molecule has 2 aliphatic rings. The van der Waals surface area contributed by atoms with Gasteiger partial charge in [0.05, 0.1) is 30.8 Å². The van der Waals surface area contributed by atoms with Crippen LogP contribution in [0.5, 0.6) is 11.5 Å². The van der Waals surface area contributed by atoms with Gasteiger partial charge >= 0.3 is 0 Å². The van der Waals surface area contributed by atoms with Gasteiger partial charge in [-0.05, 0) is 67.3 Å². The molecular weight excluding hydrogens is 464 g/mol. The fourth-order valence-corrected chi connectivity index (χ4v) is 6.62. The summed E-state index contributed by atoms with van der Waals surface area (Å²) in [6.07, 6.45) is 2.31. The first kappa shape index (κ1) is 23.2. The Morgan fingerprint density at radius 3 is 2.57 bits per heavy atom. The lowest BCUT2D eigenvalue weighted by Crippen LogP contribution is -2.32. The van der Waals surface area contributed by atoms with Crippen molar-refractivity contribution in [2.75, 3.05) is 31.6 Å². The van der Waals surface area contributed by atoms with Gasteiger partial charge in [0.15, 0.2) is 0 Å². The molecule has 1 saturated heterocycles. The molecule has 3 aromatic rings. The third-order valence-corrected chi connectivity index (χ3v) is 8.63. The number of likely N-dealkylation sites (tertiary alicyclic amines) is 1. The average molecular weight is 493 g/mol. The van der Waals surface area contributed by atoms with Crippen LogP contribution < -0.4 is 13.8 Å². The van der Waals surface area contributed by atoms with E-state index in [4.69, 9.17) is 9.47 Å². The van der Waals surface area contributed by atoms with E-state index in [1.165, 1.54) is 10.4 Å². The molecule has 0 bridgehead atoms. The molecular formula is C27H28N2O5S. The molecule has 1 amide bonds. The van der Waals surface area contributed by atoms with Gasteiger partial charge in [-0.3, -0.25) is 9.10 Å². The second-order valence-corrected chi connectivity index (χ2v) is 10.6. The number of anilines is 1. The molecule has 0 saturated carbocycles. The van der Waals surface area contributed by atoms with Crippen molar-refractivity contribution in [2.24, 2.45) is 0 Å². The smallest absolute Gasteiger partial charge is 0.264 e. The maximum Gasteiger partial charge on any atom is 0.264 e. The van der Waals surface area contributed by atoms with E-state index in [1.807, 2.05) is 42.5 Å². The van der Waals surface area contributed by atoms with Gasteiger partial charge in [0.2, 0.25) is 0 Å². The van der Waals surface area contributed by atoms with Crippen molar-refractivity contribution in [3.63, 3.8) is 0 Å². The Labute approximate surface area is 205 Å². The number of rotatable bonds is 6. The van der Waals surface area contributed by atoms with Crippen LogP contribution in [0.4, 0.5) is 5.69 Å². The Balaban J connectivity index is 1.46. The lowest BCUT2D eigenvalue weighted by atomic mass is 10.0. The molecule has 1 atom stereocenters. The molecule has 0 radical (unpaired) electrons. The number of hydrogen-bond acceptors (Lipinski definition) is 5. The fourth-order valence-electron chi connectivity index (χ4n) is 5.07. The summed E-state index contributed by atoms with van der Waals surface area (Å²) in [5.74, 6) is 1.19. The molecule has 0 aliphatic carbocycles. The fraction of sp³-hybridized carbons (Fsp3) is 0.296. The summed E-state index contributed by atoms with van der Waals surface area (Å²) < 4.78 is 39.4. The number of hydrogen-bond donors (Lipinski definition) is 0. The zero-order valence-corrected chi connectivity index (χ0v) is 20.6. The molecule has 0 N–H and O–H groups in total. The maximum atomic E-state index is 13.6. The Bertz CT molecular complexity index is 1370. The maximum absolute atomic E-state index is 13.6. The van der Waals surface area contributed by atoms with Crippen molar-refractivity contribution < 1.29 is 22.7 Å². The van der Waals surface area contributed by atoms with Gasteiger partial charge in [-0.25, -0.2) is 8.42 Å². The van der Waals surface area contributed by atoms with Crippen molar-refractivity contribution >= 4 is 21.6 Å². The van der Waals surface area contributed by atoms with Crippen LogP contribution >= 0.6 is 0 Å². The largest absolute Gasteiger partial charge is 0.497 e. The van der Waals surface area contributed by atoms with E-state index >= 15 is 0 Å². The van der Waals surface area contributed by atoms with Gasteiger partial charge in [0, 0.05) is 24.2 Å². The monoisotopic (exact) mass is 492 g/mol. The van der Waals surface area contributed by atoms with Crippen LogP contribution in [-0.2, 0) is 16.4 Å². The van der Waals surface area contributed by atoms with Crippen molar-refractivity contribution in [1.82, 2.24) is 4.90 Å². The second kappa shape index (κ2) is 9.26. The third kappa shape index (κ3) is 4.12. The molecule has 5 rings (SSSR count). The Kier molecular flexibility index (Phi) is 6.15. The number of sulfonamides is 1. The minimum atomic E-state index is -3.79. The molecule has 0 spiro atoms. The Morgan fingerprint density at radius 2 is 1.77 bits per heavy atom. The molecule has 0 aromatic heterocycles. The van der Waals surface area contributed by atoms with E-state index in [9.17, 15) is 13.2 Å². The van der Waals surface area contributed by atoms with Crippen molar-refractivity contribution in [3.05, 3.63) is 83.4 Å². The average Bonchev–Trinajstić information content (AvgIpc) is 3.56. The van der Waals surface area contributed by atoms with Gasteiger partial charge in [-0.2, -0.15) is 0 Å². The van der Waals surface area contributed by atoms with E-state index < -0.39 is 10.0 Å². The van der Waals surface area contributed by atoms with Crippen LogP contribution in [0.3, 0.4) is 0 Å². The first-order valence-electron chi connectivity index (χ1n) is 11.7. The number of carbonyl (C=O) groups is 1. The third-order valence-electron chi connectivity index (χ3n) is 6.82. The minimum Gasteiger partial charge on any atom is -0.497 e. The van der Waals surface area contributed by atoms with E-state index in [2.05, 4.69) is 0 Å². The van der Waals surface area contributed by atoms with Crippen LogP contribution in [0, 0.1) is 0 Å². The van der Waals surface area contributed by atoms with Crippen LogP contribution in [0.1, 0.15) is 40.4 Å². The lowest BCUT2D eigenvalue weighted by molar-refractivity contribution is 0.0733. The summed E-state index contributed by atoms with van der Waals surface area (Å²) in [5.41, 5.74) is 2.95.